The third kappa shape index (κ3) is 1.78. The SMILES string of the molecule is COC(=O)C[C@H]1C[C@H]2CC[C@@H](C1)N2C. The van der Waals surface area contributed by atoms with Gasteiger partial charge >= 0.3 is 5.97 Å². The number of ether oxygens (including phenoxy) is 1. The molecule has 2 aliphatic heterocycles. The van der Waals surface area contributed by atoms with Crippen molar-refractivity contribution in [1.82, 2.24) is 4.90 Å². The Morgan fingerprint density at radius 3 is 2.43 bits per heavy atom. The minimum Gasteiger partial charge on any atom is -0.469 e. The highest BCUT2D eigenvalue weighted by atomic mass is 16.5. The quantitative estimate of drug-likeness (QED) is 0.627. The van der Waals surface area contributed by atoms with E-state index >= 15 is 0 Å². The number of fused-ring (bicyclic) bond motifs is 2. The van der Waals surface area contributed by atoms with Crippen molar-refractivity contribution in [1.29, 1.82) is 0 Å². The second-order valence-electron chi connectivity index (χ2n) is 4.67. The molecule has 2 heterocycles. The first-order valence-electron chi connectivity index (χ1n) is 5.49. The second-order valence-corrected chi connectivity index (χ2v) is 4.67. The van der Waals surface area contributed by atoms with E-state index in [1.165, 1.54) is 32.8 Å². The Balaban J connectivity index is 1.90. The zero-order chi connectivity index (χ0) is 10.1. The number of carbonyl (C=O) groups excluding carboxylic acids is 1. The van der Waals surface area contributed by atoms with E-state index in [-0.39, 0.29) is 5.97 Å². The molecule has 0 aromatic carbocycles. The van der Waals surface area contributed by atoms with Crippen molar-refractivity contribution in [2.24, 2.45) is 5.92 Å². The minimum absolute atomic E-state index is 0.0426. The second kappa shape index (κ2) is 3.89. The maximum Gasteiger partial charge on any atom is 0.305 e. The van der Waals surface area contributed by atoms with E-state index in [1.54, 1.807) is 0 Å². The first-order valence-corrected chi connectivity index (χ1v) is 5.49. The van der Waals surface area contributed by atoms with E-state index in [4.69, 9.17) is 4.74 Å². The molecule has 3 nitrogen and oxygen atoms in total. The van der Waals surface area contributed by atoms with Crippen molar-refractivity contribution in [2.45, 2.75) is 44.2 Å². The van der Waals surface area contributed by atoms with Crippen molar-refractivity contribution in [3.8, 4) is 0 Å². The molecule has 0 saturated carbocycles. The lowest BCUT2D eigenvalue weighted by Gasteiger charge is -2.35. The number of hydrogen-bond donors (Lipinski definition) is 0. The summed E-state index contributed by atoms with van der Waals surface area (Å²) in [4.78, 5) is 13.7. The van der Waals surface area contributed by atoms with Gasteiger partial charge in [-0.3, -0.25) is 4.79 Å². The summed E-state index contributed by atoms with van der Waals surface area (Å²) in [7, 11) is 3.70. The van der Waals surface area contributed by atoms with E-state index in [0.717, 1.165) is 12.1 Å². The standard InChI is InChI=1S/C11H19NO2/c1-12-9-3-4-10(12)6-8(5-9)7-11(13)14-2/h8-10H,3-7H2,1-2H3/t8-,9+,10-. The lowest BCUT2D eigenvalue weighted by Crippen LogP contribution is -2.40. The molecule has 0 aliphatic carbocycles. The number of nitrogens with zero attached hydrogens (tertiary/aromatic N) is 1. The lowest BCUT2D eigenvalue weighted by atomic mass is 9.88. The van der Waals surface area contributed by atoms with Gasteiger partial charge in [-0.2, -0.15) is 0 Å². The number of piperidine rings is 1. The van der Waals surface area contributed by atoms with Crippen LogP contribution in [0.15, 0.2) is 0 Å². The largest absolute Gasteiger partial charge is 0.469 e. The summed E-state index contributed by atoms with van der Waals surface area (Å²) < 4.78 is 4.72. The van der Waals surface area contributed by atoms with Gasteiger partial charge in [0.15, 0.2) is 0 Å². The average molecular weight is 197 g/mol. The van der Waals surface area contributed by atoms with Gasteiger partial charge in [0.2, 0.25) is 0 Å². The fraction of sp³-hybridized carbons (Fsp3) is 0.909. The molecule has 2 aliphatic rings. The van der Waals surface area contributed by atoms with Crippen LogP contribution in [-0.4, -0.2) is 37.1 Å². The molecule has 2 bridgehead atoms. The van der Waals surface area contributed by atoms with Gasteiger partial charge < -0.3 is 9.64 Å². The predicted molar refractivity (Wildman–Crippen MR) is 53.9 cm³/mol. The molecule has 2 saturated heterocycles. The summed E-state index contributed by atoms with van der Waals surface area (Å²) in [6.07, 6.45) is 5.62. The smallest absolute Gasteiger partial charge is 0.305 e. The van der Waals surface area contributed by atoms with Gasteiger partial charge in [-0.25, -0.2) is 0 Å². The highest BCUT2D eigenvalue weighted by Gasteiger charge is 2.38. The fourth-order valence-electron chi connectivity index (χ4n) is 3.01. The average Bonchev–Trinajstić information content (AvgIpc) is 2.42. The fourth-order valence-corrected chi connectivity index (χ4v) is 3.01. The number of methoxy groups -OCH3 is 1. The third-order valence-corrected chi connectivity index (χ3v) is 3.88. The summed E-state index contributed by atoms with van der Waals surface area (Å²) >= 11 is 0. The van der Waals surface area contributed by atoms with Crippen LogP contribution in [0, 0.1) is 5.92 Å². The Morgan fingerprint density at radius 2 is 1.93 bits per heavy atom. The molecule has 0 unspecified atom stereocenters. The molecule has 80 valence electrons. The van der Waals surface area contributed by atoms with Crippen LogP contribution in [0.5, 0.6) is 0 Å². The van der Waals surface area contributed by atoms with Crippen LogP contribution in [0.25, 0.3) is 0 Å². The molecule has 0 N–H and O–H groups in total. The minimum atomic E-state index is -0.0426. The van der Waals surface area contributed by atoms with Gasteiger partial charge in [0, 0.05) is 18.5 Å². The molecular formula is C11H19NO2. The van der Waals surface area contributed by atoms with Crippen LogP contribution in [0.3, 0.4) is 0 Å². The van der Waals surface area contributed by atoms with Gasteiger partial charge in [-0.05, 0) is 38.6 Å². The van der Waals surface area contributed by atoms with Crippen LogP contribution in [0.4, 0.5) is 0 Å². The topological polar surface area (TPSA) is 29.5 Å². The predicted octanol–water partition coefficient (Wildman–Crippen LogP) is 1.42. The van der Waals surface area contributed by atoms with Crippen molar-refractivity contribution in [2.75, 3.05) is 14.2 Å². The van der Waals surface area contributed by atoms with E-state index in [0.29, 0.717) is 12.3 Å². The first kappa shape index (κ1) is 9.97. The molecule has 0 spiro atoms. The van der Waals surface area contributed by atoms with Crippen molar-refractivity contribution in [3.63, 3.8) is 0 Å². The molecule has 0 amide bonds. The van der Waals surface area contributed by atoms with Crippen LogP contribution >= 0.6 is 0 Å². The summed E-state index contributed by atoms with van der Waals surface area (Å²) in [5.41, 5.74) is 0. The van der Waals surface area contributed by atoms with E-state index < -0.39 is 0 Å². The van der Waals surface area contributed by atoms with Gasteiger partial charge in [0.25, 0.3) is 0 Å². The van der Waals surface area contributed by atoms with Crippen LogP contribution in [0.1, 0.15) is 32.1 Å². The molecule has 0 radical (unpaired) electrons. The maximum atomic E-state index is 11.2. The summed E-state index contributed by atoms with van der Waals surface area (Å²) in [5, 5.41) is 0. The van der Waals surface area contributed by atoms with Gasteiger partial charge in [0.1, 0.15) is 0 Å². The molecule has 3 atom stereocenters. The maximum absolute atomic E-state index is 11.2. The molecule has 2 fully saturated rings. The molecule has 14 heavy (non-hydrogen) atoms. The van der Waals surface area contributed by atoms with E-state index in [1.807, 2.05) is 0 Å². The van der Waals surface area contributed by atoms with Crippen LogP contribution in [0.2, 0.25) is 0 Å². The van der Waals surface area contributed by atoms with Gasteiger partial charge in [-0.15, -0.1) is 0 Å². The van der Waals surface area contributed by atoms with Crippen LogP contribution < -0.4 is 0 Å². The third-order valence-electron chi connectivity index (χ3n) is 3.88. The summed E-state index contributed by atoms with van der Waals surface area (Å²) in [6, 6.07) is 1.45. The molecule has 0 aromatic rings. The number of esters is 1. The molecule has 2 rings (SSSR count). The monoisotopic (exact) mass is 197 g/mol. The molecule has 3 heteroatoms. The van der Waals surface area contributed by atoms with Crippen molar-refractivity contribution < 1.29 is 9.53 Å². The lowest BCUT2D eigenvalue weighted by molar-refractivity contribution is -0.142. The summed E-state index contributed by atoms with van der Waals surface area (Å²) in [5.74, 6) is 0.523. The van der Waals surface area contributed by atoms with Crippen LogP contribution in [-0.2, 0) is 9.53 Å². The highest BCUT2D eigenvalue weighted by Crippen LogP contribution is 2.38. The summed E-state index contributed by atoms with van der Waals surface area (Å²) in [6.45, 7) is 0. The van der Waals surface area contributed by atoms with Gasteiger partial charge in [0.05, 0.1) is 7.11 Å². The number of carbonyl (C=O) groups is 1. The highest BCUT2D eigenvalue weighted by molar-refractivity contribution is 5.69. The number of hydrogen-bond acceptors (Lipinski definition) is 3. The van der Waals surface area contributed by atoms with E-state index in [2.05, 4.69) is 11.9 Å². The zero-order valence-corrected chi connectivity index (χ0v) is 9.03. The Hall–Kier alpha value is -0.570. The van der Waals surface area contributed by atoms with Crippen molar-refractivity contribution in [3.05, 3.63) is 0 Å². The zero-order valence-electron chi connectivity index (χ0n) is 9.03. The molecular weight excluding hydrogens is 178 g/mol. The van der Waals surface area contributed by atoms with Crippen molar-refractivity contribution >= 4 is 5.97 Å². The first-order chi connectivity index (χ1) is 6.70. The number of rotatable bonds is 2. The Labute approximate surface area is 85.4 Å². The normalized spacial score (nSPS) is 37.1. The molecule has 0 aromatic heterocycles. The Morgan fingerprint density at radius 1 is 1.36 bits per heavy atom. The Kier molecular flexibility index (Phi) is 2.77. The van der Waals surface area contributed by atoms with Gasteiger partial charge in [-0.1, -0.05) is 0 Å². The van der Waals surface area contributed by atoms with E-state index in [9.17, 15) is 4.79 Å². The Bertz CT molecular complexity index is 215.